The number of benzene rings is 1. The molecule has 0 bridgehead atoms. The summed E-state index contributed by atoms with van der Waals surface area (Å²) in [7, 11) is 1.65. The maximum Gasteiger partial charge on any atom is 0.261 e. The monoisotopic (exact) mass is 430 g/mol. The molecule has 4 heterocycles. The molecule has 0 spiro atoms. The van der Waals surface area contributed by atoms with Gasteiger partial charge in [0.2, 0.25) is 5.88 Å². The van der Waals surface area contributed by atoms with Gasteiger partial charge in [0.15, 0.2) is 12.3 Å². The van der Waals surface area contributed by atoms with Gasteiger partial charge in [-0.25, -0.2) is 0 Å². The van der Waals surface area contributed by atoms with E-state index in [1.54, 1.807) is 19.2 Å². The largest absolute Gasteiger partial charge is 0.497 e. The van der Waals surface area contributed by atoms with Crippen LogP contribution in [-0.2, 0) is 4.79 Å². The Hall–Kier alpha value is -2.91. The van der Waals surface area contributed by atoms with Crippen molar-refractivity contribution < 1.29 is 14.3 Å². The minimum Gasteiger partial charge on any atom is -0.497 e. The molecule has 2 saturated heterocycles. The van der Waals surface area contributed by atoms with Gasteiger partial charge in [-0.15, -0.1) is 27.7 Å². The number of hydrogen-bond acceptors (Lipinski definition) is 7. The second-order valence-corrected chi connectivity index (χ2v) is 7.44. The maximum absolute atomic E-state index is 13.1. The van der Waals surface area contributed by atoms with Gasteiger partial charge in [-0.2, -0.15) is 4.52 Å². The van der Waals surface area contributed by atoms with Crippen LogP contribution < -0.4 is 14.8 Å². The number of nitrogens with zero attached hydrogens (tertiary/aromatic N) is 5. The highest BCUT2D eigenvalue weighted by atomic mass is 35.5. The van der Waals surface area contributed by atoms with Crippen molar-refractivity contribution >= 4 is 24.0 Å². The Morgan fingerprint density at radius 3 is 2.83 bits per heavy atom. The summed E-state index contributed by atoms with van der Waals surface area (Å²) in [6, 6.07) is 11.5. The SMILES string of the molecule is COc1ccc([C@H]2[C@H]3CNC[C@H]3CN2C(=O)COc2ccc3nncn3n2)cc1.Cl. The van der Waals surface area contributed by atoms with Gasteiger partial charge < -0.3 is 19.7 Å². The van der Waals surface area contributed by atoms with E-state index in [4.69, 9.17) is 9.47 Å². The highest BCUT2D eigenvalue weighted by Gasteiger charge is 2.46. The van der Waals surface area contributed by atoms with E-state index in [1.807, 2.05) is 29.2 Å². The third-order valence-electron chi connectivity index (χ3n) is 5.82. The lowest BCUT2D eigenvalue weighted by Gasteiger charge is -2.28. The van der Waals surface area contributed by atoms with Gasteiger partial charge in [-0.05, 0) is 29.7 Å². The lowest BCUT2D eigenvalue weighted by atomic mass is 9.89. The molecule has 5 rings (SSSR count). The Morgan fingerprint density at radius 1 is 1.20 bits per heavy atom. The van der Waals surface area contributed by atoms with Crippen LogP contribution in [0.15, 0.2) is 42.7 Å². The summed E-state index contributed by atoms with van der Waals surface area (Å²) in [5, 5.41) is 15.4. The third-order valence-corrected chi connectivity index (χ3v) is 5.82. The van der Waals surface area contributed by atoms with E-state index >= 15 is 0 Å². The van der Waals surface area contributed by atoms with Crippen LogP contribution in [0.1, 0.15) is 11.6 Å². The topological polar surface area (TPSA) is 93.9 Å². The van der Waals surface area contributed by atoms with Crippen molar-refractivity contribution in [1.29, 1.82) is 0 Å². The van der Waals surface area contributed by atoms with E-state index in [-0.39, 0.29) is 31.0 Å². The Labute approximate surface area is 179 Å². The predicted molar refractivity (Wildman–Crippen MR) is 111 cm³/mol. The van der Waals surface area contributed by atoms with E-state index in [1.165, 1.54) is 10.8 Å². The van der Waals surface area contributed by atoms with Crippen LogP contribution in [0.4, 0.5) is 0 Å². The standard InChI is InChI=1S/C20H22N6O3.ClH/c1-28-15-4-2-13(3-5-15)20-16-9-21-8-14(16)10-25(20)19(27)11-29-18-7-6-17-23-22-12-26(17)24-18;/h2-7,12,14,16,20-21H,8-11H2,1H3;1H/t14-,16-,20-;/m0./s1. The fourth-order valence-corrected chi connectivity index (χ4v) is 4.41. The molecule has 2 fully saturated rings. The van der Waals surface area contributed by atoms with Crippen molar-refractivity contribution in [2.24, 2.45) is 11.8 Å². The Bertz CT molecular complexity index is 1030. The number of rotatable bonds is 5. The van der Waals surface area contributed by atoms with Crippen LogP contribution in [0.25, 0.3) is 5.65 Å². The molecular weight excluding hydrogens is 408 g/mol. The molecule has 2 aliphatic rings. The zero-order chi connectivity index (χ0) is 19.8. The van der Waals surface area contributed by atoms with Crippen LogP contribution in [0.3, 0.4) is 0 Å². The minimum absolute atomic E-state index is 0. The molecule has 0 saturated carbocycles. The van der Waals surface area contributed by atoms with Gasteiger partial charge in [0.05, 0.1) is 13.2 Å². The zero-order valence-electron chi connectivity index (χ0n) is 16.5. The first-order valence-electron chi connectivity index (χ1n) is 9.67. The molecule has 30 heavy (non-hydrogen) atoms. The summed E-state index contributed by atoms with van der Waals surface area (Å²) in [6.45, 7) is 2.53. The van der Waals surface area contributed by atoms with Crippen LogP contribution in [0.5, 0.6) is 11.6 Å². The van der Waals surface area contributed by atoms with E-state index < -0.39 is 0 Å². The van der Waals surface area contributed by atoms with E-state index in [9.17, 15) is 4.79 Å². The number of amides is 1. The number of carbonyl (C=O) groups excluding carboxylic acids is 1. The summed E-state index contributed by atoms with van der Waals surface area (Å²) in [5.41, 5.74) is 1.75. The molecule has 3 aromatic rings. The molecule has 0 radical (unpaired) electrons. The summed E-state index contributed by atoms with van der Waals surface area (Å²) in [4.78, 5) is 15.0. The third kappa shape index (κ3) is 3.66. The molecule has 2 aromatic heterocycles. The molecule has 3 atom stereocenters. The first-order valence-corrected chi connectivity index (χ1v) is 9.67. The highest BCUT2D eigenvalue weighted by Crippen LogP contribution is 2.42. The number of fused-ring (bicyclic) bond motifs is 2. The van der Waals surface area contributed by atoms with Crippen molar-refractivity contribution in [2.75, 3.05) is 33.4 Å². The number of likely N-dealkylation sites (tertiary alicyclic amines) is 1. The van der Waals surface area contributed by atoms with Gasteiger partial charge in [-0.1, -0.05) is 12.1 Å². The lowest BCUT2D eigenvalue weighted by Crippen LogP contribution is -2.37. The smallest absolute Gasteiger partial charge is 0.261 e. The second-order valence-electron chi connectivity index (χ2n) is 7.44. The molecule has 1 amide bonds. The number of carbonyl (C=O) groups is 1. The number of hydrogen-bond donors (Lipinski definition) is 1. The van der Waals surface area contributed by atoms with Crippen LogP contribution >= 0.6 is 12.4 Å². The zero-order valence-corrected chi connectivity index (χ0v) is 17.3. The molecule has 158 valence electrons. The summed E-state index contributed by atoms with van der Waals surface area (Å²) >= 11 is 0. The van der Waals surface area contributed by atoms with Gasteiger partial charge in [0, 0.05) is 31.6 Å². The number of nitrogens with one attached hydrogen (secondary N) is 1. The summed E-state index contributed by atoms with van der Waals surface area (Å²) in [5.74, 6) is 2.00. The van der Waals surface area contributed by atoms with Crippen LogP contribution in [0, 0.1) is 11.8 Å². The van der Waals surface area contributed by atoms with Crippen molar-refractivity contribution in [3.8, 4) is 11.6 Å². The number of halogens is 1. The van der Waals surface area contributed by atoms with Crippen molar-refractivity contribution in [2.45, 2.75) is 6.04 Å². The summed E-state index contributed by atoms with van der Waals surface area (Å²) < 4.78 is 12.5. The molecular formula is C20H23ClN6O3. The van der Waals surface area contributed by atoms with Crippen molar-refractivity contribution in [3.63, 3.8) is 0 Å². The normalized spacial score (nSPS) is 22.6. The first kappa shape index (κ1) is 20.4. The quantitative estimate of drug-likeness (QED) is 0.653. The Morgan fingerprint density at radius 2 is 2.03 bits per heavy atom. The van der Waals surface area contributed by atoms with E-state index in [0.717, 1.165) is 30.9 Å². The summed E-state index contributed by atoms with van der Waals surface area (Å²) in [6.07, 6.45) is 1.50. The Kier molecular flexibility index (Phi) is 5.74. The number of methoxy groups -OCH3 is 1. The predicted octanol–water partition coefficient (Wildman–Crippen LogP) is 1.35. The Balaban J connectivity index is 0.00000218. The average Bonchev–Trinajstić information content (AvgIpc) is 3.47. The average molecular weight is 431 g/mol. The molecule has 1 aromatic carbocycles. The molecule has 10 heteroatoms. The fraction of sp³-hybridized carbons (Fsp3) is 0.400. The maximum atomic E-state index is 13.1. The lowest BCUT2D eigenvalue weighted by molar-refractivity contribution is -0.134. The van der Waals surface area contributed by atoms with Gasteiger partial charge in [0.25, 0.3) is 5.91 Å². The van der Waals surface area contributed by atoms with Gasteiger partial charge >= 0.3 is 0 Å². The van der Waals surface area contributed by atoms with Crippen molar-refractivity contribution in [1.82, 2.24) is 30.0 Å². The van der Waals surface area contributed by atoms with Gasteiger partial charge in [-0.3, -0.25) is 4.79 Å². The highest BCUT2D eigenvalue weighted by molar-refractivity contribution is 5.85. The first-order chi connectivity index (χ1) is 14.2. The van der Waals surface area contributed by atoms with Crippen LogP contribution in [-0.4, -0.2) is 64.0 Å². The number of ether oxygens (including phenoxy) is 2. The molecule has 0 aliphatic carbocycles. The fourth-order valence-electron chi connectivity index (χ4n) is 4.41. The molecule has 2 aliphatic heterocycles. The van der Waals surface area contributed by atoms with E-state index in [0.29, 0.717) is 23.4 Å². The van der Waals surface area contributed by atoms with E-state index in [2.05, 4.69) is 20.6 Å². The van der Waals surface area contributed by atoms with Crippen LogP contribution in [0.2, 0.25) is 0 Å². The molecule has 1 N–H and O–H groups in total. The molecule has 9 nitrogen and oxygen atoms in total. The second kappa shape index (κ2) is 8.45. The van der Waals surface area contributed by atoms with Gasteiger partial charge in [0.1, 0.15) is 12.1 Å². The molecule has 0 unspecified atom stereocenters. The van der Waals surface area contributed by atoms with Crippen molar-refractivity contribution in [3.05, 3.63) is 48.3 Å². The minimum atomic E-state index is -0.0554. The number of aromatic nitrogens is 4.